The van der Waals surface area contributed by atoms with Gasteiger partial charge in [-0.15, -0.1) is 0 Å². The predicted molar refractivity (Wildman–Crippen MR) is 48.7 cm³/mol. The molecule has 1 rings (SSSR count). The van der Waals surface area contributed by atoms with E-state index in [2.05, 4.69) is 20.3 Å². The summed E-state index contributed by atoms with van der Waals surface area (Å²) in [5, 5.41) is 8.29. The summed E-state index contributed by atoms with van der Waals surface area (Å²) in [6.07, 6.45) is 0. The summed E-state index contributed by atoms with van der Waals surface area (Å²) in [4.78, 5) is 22.7. The molecule has 1 aromatic rings. The van der Waals surface area contributed by atoms with Gasteiger partial charge in [0, 0.05) is 11.4 Å². The minimum Gasteiger partial charge on any atom is -0.479 e. The molecule has 76 valence electrons. The molecule has 0 spiro atoms. The van der Waals surface area contributed by atoms with Gasteiger partial charge in [0.05, 0.1) is 0 Å². The Bertz CT molecular complexity index is 320. The van der Waals surface area contributed by atoms with Crippen molar-refractivity contribution in [2.45, 2.75) is 13.8 Å². The standard InChI is InChI=1S/C8H11N3O3/c1-5-3-6(2)10-8(9-5)11-14-4-7(12)13/h3H,4H2,1-2H3,(H,12,13)(H,9,10,11). The van der Waals surface area contributed by atoms with Crippen LogP contribution in [0.5, 0.6) is 0 Å². The van der Waals surface area contributed by atoms with Crippen LogP contribution in [0.4, 0.5) is 5.95 Å². The molecule has 0 aliphatic rings. The second kappa shape index (κ2) is 4.52. The molecular formula is C8H11N3O3. The van der Waals surface area contributed by atoms with E-state index in [9.17, 15) is 4.79 Å². The maximum atomic E-state index is 10.1. The molecular weight excluding hydrogens is 186 g/mol. The fraction of sp³-hybridized carbons (Fsp3) is 0.375. The number of aliphatic carboxylic acids is 1. The van der Waals surface area contributed by atoms with Crippen LogP contribution in [0.1, 0.15) is 11.4 Å². The van der Waals surface area contributed by atoms with Crippen molar-refractivity contribution in [2.75, 3.05) is 12.1 Å². The van der Waals surface area contributed by atoms with E-state index in [0.29, 0.717) is 0 Å². The zero-order valence-electron chi connectivity index (χ0n) is 7.94. The number of nitrogens with zero attached hydrogens (tertiary/aromatic N) is 2. The van der Waals surface area contributed by atoms with Crippen molar-refractivity contribution in [3.05, 3.63) is 17.5 Å². The lowest BCUT2D eigenvalue weighted by molar-refractivity contribution is -0.141. The Kier molecular flexibility index (Phi) is 3.35. The molecule has 0 unspecified atom stereocenters. The predicted octanol–water partition coefficient (Wildman–Crippen LogP) is 0.522. The molecule has 0 saturated heterocycles. The number of carboxylic acids is 1. The monoisotopic (exact) mass is 197 g/mol. The zero-order valence-corrected chi connectivity index (χ0v) is 7.94. The van der Waals surface area contributed by atoms with Crippen LogP contribution in [0, 0.1) is 13.8 Å². The van der Waals surface area contributed by atoms with Gasteiger partial charge in [-0.05, 0) is 19.9 Å². The SMILES string of the molecule is Cc1cc(C)nc(NOCC(=O)O)n1. The second-order valence-corrected chi connectivity index (χ2v) is 2.76. The minimum absolute atomic E-state index is 0.267. The molecule has 0 aliphatic carbocycles. The van der Waals surface area contributed by atoms with Crippen molar-refractivity contribution in [3.63, 3.8) is 0 Å². The lowest BCUT2D eigenvalue weighted by Crippen LogP contribution is -2.13. The maximum Gasteiger partial charge on any atom is 0.332 e. The molecule has 0 atom stereocenters. The number of carbonyl (C=O) groups is 1. The van der Waals surface area contributed by atoms with Gasteiger partial charge in [-0.2, -0.15) is 0 Å². The topological polar surface area (TPSA) is 84.3 Å². The van der Waals surface area contributed by atoms with E-state index in [0.717, 1.165) is 11.4 Å². The Morgan fingerprint density at radius 2 is 2.07 bits per heavy atom. The molecule has 1 aromatic heterocycles. The summed E-state index contributed by atoms with van der Waals surface area (Å²) in [5.74, 6) is -0.786. The molecule has 0 fully saturated rings. The van der Waals surface area contributed by atoms with E-state index in [4.69, 9.17) is 5.11 Å². The van der Waals surface area contributed by atoms with Crippen LogP contribution >= 0.6 is 0 Å². The van der Waals surface area contributed by atoms with Crippen molar-refractivity contribution in [1.82, 2.24) is 9.97 Å². The second-order valence-electron chi connectivity index (χ2n) is 2.76. The number of hydrogen-bond acceptors (Lipinski definition) is 5. The Morgan fingerprint density at radius 3 is 2.57 bits per heavy atom. The molecule has 0 aromatic carbocycles. The van der Waals surface area contributed by atoms with Crippen LogP contribution < -0.4 is 5.48 Å². The largest absolute Gasteiger partial charge is 0.479 e. The molecule has 2 N–H and O–H groups in total. The van der Waals surface area contributed by atoms with Crippen molar-refractivity contribution >= 4 is 11.9 Å². The number of anilines is 1. The normalized spacial score (nSPS) is 9.86. The van der Waals surface area contributed by atoms with Crippen LogP contribution in [-0.2, 0) is 9.63 Å². The van der Waals surface area contributed by atoms with Crippen molar-refractivity contribution in [3.8, 4) is 0 Å². The van der Waals surface area contributed by atoms with E-state index in [1.54, 1.807) is 0 Å². The molecule has 0 aliphatic heterocycles. The third kappa shape index (κ3) is 3.36. The van der Waals surface area contributed by atoms with E-state index in [-0.39, 0.29) is 5.95 Å². The number of hydrogen-bond donors (Lipinski definition) is 2. The van der Waals surface area contributed by atoms with E-state index >= 15 is 0 Å². The first-order chi connectivity index (χ1) is 6.58. The third-order valence-corrected chi connectivity index (χ3v) is 1.34. The van der Waals surface area contributed by atoms with E-state index < -0.39 is 12.6 Å². The van der Waals surface area contributed by atoms with Crippen LogP contribution in [0.15, 0.2) is 6.07 Å². The number of aryl methyl sites for hydroxylation is 2. The highest BCUT2D eigenvalue weighted by Gasteiger charge is 2.00. The molecule has 0 bridgehead atoms. The van der Waals surface area contributed by atoms with Crippen molar-refractivity contribution in [2.24, 2.45) is 0 Å². The summed E-state index contributed by atoms with van der Waals surface area (Å²) < 4.78 is 0. The molecule has 0 radical (unpaired) electrons. The van der Waals surface area contributed by atoms with Gasteiger partial charge in [-0.25, -0.2) is 20.2 Å². The highest BCUT2D eigenvalue weighted by molar-refractivity contribution is 5.68. The first-order valence-electron chi connectivity index (χ1n) is 4.00. The van der Waals surface area contributed by atoms with E-state index in [1.165, 1.54) is 0 Å². The molecule has 6 nitrogen and oxygen atoms in total. The maximum absolute atomic E-state index is 10.1. The first kappa shape index (κ1) is 10.4. The lowest BCUT2D eigenvalue weighted by atomic mass is 10.4. The lowest BCUT2D eigenvalue weighted by Gasteiger charge is -2.04. The summed E-state index contributed by atoms with van der Waals surface area (Å²) in [6, 6.07) is 1.81. The quantitative estimate of drug-likeness (QED) is 0.684. The van der Waals surface area contributed by atoms with Gasteiger partial charge >= 0.3 is 5.97 Å². The van der Waals surface area contributed by atoms with Crippen molar-refractivity contribution < 1.29 is 14.7 Å². The molecule has 0 saturated carbocycles. The summed E-state index contributed by atoms with van der Waals surface area (Å²) in [6.45, 7) is 3.20. The average Bonchev–Trinajstić information content (AvgIpc) is 2.01. The Balaban J connectivity index is 2.54. The fourth-order valence-corrected chi connectivity index (χ4v) is 0.934. The van der Waals surface area contributed by atoms with Crippen LogP contribution in [-0.4, -0.2) is 27.7 Å². The number of carboxylic acid groups (broad SMARTS) is 1. The Morgan fingerprint density at radius 1 is 1.50 bits per heavy atom. The van der Waals surface area contributed by atoms with Gasteiger partial charge in [0.15, 0.2) is 6.61 Å². The van der Waals surface area contributed by atoms with Gasteiger partial charge in [0.2, 0.25) is 5.95 Å². The minimum atomic E-state index is -1.05. The number of aromatic nitrogens is 2. The fourth-order valence-electron chi connectivity index (χ4n) is 0.934. The van der Waals surface area contributed by atoms with Gasteiger partial charge in [0.1, 0.15) is 0 Å². The zero-order chi connectivity index (χ0) is 10.6. The number of nitrogens with one attached hydrogen (secondary N) is 1. The Hall–Kier alpha value is -1.69. The van der Waals surface area contributed by atoms with Gasteiger partial charge in [-0.3, -0.25) is 4.84 Å². The van der Waals surface area contributed by atoms with Gasteiger partial charge in [0.25, 0.3) is 0 Å². The Labute approximate surface area is 80.9 Å². The number of rotatable bonds is 4. The van der Waals surface area contributed by atoms with Crippen LogP contribution in [0.25, 0.3) is 0 Å². The summed E-state index contributed by atoms with van der Waals surface area (Å²) >= 11 is 0. The van der Waals surface area contributed by atoms with Crippen molar-refractivity contribution in [1.29, 1.82) is 0 Å². The summed E-state index contributed by atoms with van der Waals surface area (Å²) in [7, 11) is 0. The van der Waals surface area contributed by atoms with Crippen LogP contribution in [0.3, 0.4) is 0 Å². The van der Waals surface area contributed by atoms with Crippen LogP contribution in [0.2, 0.25) is 0 Å². The molecule has 14 heavy (non-hydrogen) atoms. The molecule has 0 amide bonds. The highest BCUT2D eigenvalue weighted by Crippen LogP contribution is 2.02. The smallest absolute Gasteiger partial charge is 0.332 e. The average molecular weight is 197 g/mol. The van der Waals surface area contributed by atoms with Gasteiger partial charge < -0.3 is 5.11 Å². The summed E-state index contributed by atoms with van der Waals surface area (Å²) in [5.41, 5.74) is 3.94. The molecule has 1 heterocycles. The van der Waals surface area contributed by atoms with E-state index in [1.807, 2.05) is 19.9 Å². The first-order valence-corrected chi connectivity index (χ1v) is 4.00. The third-order valence-electron chi connectivity index (χ3n) is 1.34. The van der Waals surface area contributed by atoms with Gasteiger partial charge in [-0.1, -0.05) is 0 Å². The highest BCUT2D eigenvalue weighted by atomic mass is 16.7. The molecule has 6 heteroatoms.